The number of ketones is 2. The zero-order valence-electron chi connectivity index (χ0n) is 42.0. The van der Waals surface area contributed by atoms with Crippen LogP contribution in [0.2, 0.25) is 0 Å². The van der Waals surface area contributed by atoms with Crippen molar-refractivity contribution in [1.29, 1.82) is 0 Å². The van der Waals surface area contributed by atoms with Crippen molar-refractivity contribution < 1.29 is 113 Å². The monoisotopic (exact) mass is 1040 g/mol. The molecule has 23 nitrogen and oxygen atoms in total. The van der Waals surface area contributed by atoms with E-state index in [2.05, 4.69) is 0 Å². The molecule has 5 aliphatic heterocycles. The predicted molar refractivity (Wildman–Crippen MR) is 248 cm³/mol. The average Bonchev–Trinajstić information content (AvgIpc) is 3.32. The minimum atomic E-state index is -1.72. The quantitative estimate of drug-likeness (QED) is 0.119. The summed E-state index contributed by atoms with van der Waals surface area (Å²) in [5, 5.41) is 109. The van der Waals surface area contributed by atoms with E-state index in [9.17, 15) is 60.7 Å². The van der Waals surface area contributed by atoms with Gasteiger partial charge in [0.05, 0.1) is 78.1 Å². The van der Waals surface area contributed by atoms with Crippen LogP contribution in [0.1, 0.15) is 95.1 Å². The highest BCUT2D eigenvalue weighted by molar-refractivity contribution is 6.11. The van der Waals surface area contributed by atoms with Crippen LogP contribution >= 0.6 is 0 Å². The van der Waals surface area contributed by atoms with Crippen molar-refractivity contribution in [2.24, 2.45) is 5.92 Å². The lowest BCUT2D eigenvalue weighted by atomic mass is 9.75. The molecule has 1 aliphatic carbocycles. The van der Waals surface area contributed by atoms with Crippen LogP contribution < -0.4 is 4.74 Å². The van der Waals surface area contributed by atoms with E-state index in [1.165, 1.54) is 20.1 Å². The Morgan fingerprint density at radius 1 is 0.616 bits per heavy atom. The lowest BCUT2D eigenvalue weighted by Crippen LogP contribution is -2.56. The molecule has 0 radical (unpaired) electrons. The number of ether oxygens (including phenoxy) is 11. The van der Waals surface area contributed by atoms with Crippen LogP contribution in [0, 0.1) is 12.8 Å². The molecule has 2 aromatic carbocycles. The average molecular weight is 1040 g/mol. The zero-order valence-corrected chi connectivity index (χ0v) is 42.0. The Morgan fingerprint density at radius 2 is 1.04 bits per heavy atom. The fraction of sp³-hybridized carbons (Fsp3) is 0.760. The number of aliphatic hydroxyl groups is 8. The van der Waals surface area contributed by atoms with Gasteiger partial charge in [-0.1, -0.05) is 0 Å². The number of methoxy groups -OCH3 is 1. The minimum Gasteiger partial charge on any atom is -0.507 e. The van der Waals surface area contributed by atoms with Gasteiger partial charge in [-0.05, 0) is 78.0 Å². The maximum absolute atomic E-state index is 14.9. The van der Waals surface area contributed by atoms with Crippen LogP contribution in [0.15, 0.2) is 12.1 Å². The minimum absolute atomic E-state index is 0.0158. The lowest BCUT2D eigenvalue weighted by molar-refractivity contribution is -0.329. The third-order valence-electron chi connectivity index (χ3n) is 15.3. The highest BCUT2D eigenvalue weighted by atomic mass is 16.7. The molecule has 0 spiro atoms. The van der Waals surface area contributed by atoms with Crippen molar-refractivity contribution in [2.45, 2.75) is 228 Å². The molecule has 23 heteroatoms. The molecule has 73 heavy (non-hydrogen) atoms. The number of phenols is 2. The summed E-state index contributed by atoms with van der Waals surface area (Å²) in [7, 11) is 1.26. The van der Waals surface area contributed by atoms with E-state index in [1.807, 2.05) is 0 Å². The van der Waals surface area contributed by atoms with Gasteiger partial charge in [-0.15, -0.1) is 0 Å². The molecule has 410 valence electrons. The number of rotatable bonds is 14. The van der Waals surface area contributed by atoms with Gasteiger partial charge in [0.2, 0.25) is 6.29 Å². The van der Waals surface area contributed by atoms with Gasteiger partial charge in [0.15, 0.2) is 36.7 Å². The van der Waals surface area contributed by atoms with E-state index in [-0.39, 0.29) is 71.7 Å². The Labute approximate surface area is 421 Å². The number of hydrogen-bond acceptors (Lipinski definition) is 23. The number of aromatic hydroxyl groups is 2. The summed E-state index contributed by atoms with van der Waals surface area (Å²) in [6, 6.07) is 3.11. The first-order valence-electron chi connectivity index (χ1n) is 25.0. The second-order valence-corrected chi connectivity index (χ2v) is 20.5. The Balaban J connectivity index is 1.03. The van der Waals surface area contributed by atoms with Crippen LogP contribution in [0.4, 0.5) is 0 Å². The summed E-state index contributed by atoms with van der Waals surface area (Å²) in [4.78, 5) is 27.6. The molecule has 0 bridgehead atoms. The molecule has 24 atom stereocenters. The van der Waals surface area contributed by atoms with E-state index in [1.54, 1.807) is 40.7 Å². The van der Waals surface area contributed by atoms with Gasteiger partial charge in [0.25, 0.3) is 0 Å². The van der Waals surface area contributed by atoms with E-state index in [0.717, 1.165) is 6.92 Å². The highest BCUT2D eigenvalue weighted by Gasteiger charge is 2.50. The molecular formula is C50H72O23. The highest BCUT2D eigenvalue weighted by Crippen LogP contribution is 2.47. The molecule has 5 heterocycles. The number of Topliss-reactive ketones (excluding diaryl/α,β-unsaturated/α-hetero) is 2. The van der Waals surface area contributed by atoms with Crippen molar-refractivity contribution in [3.05, 3.63) is 28.8 Å². The van der Waals surface area contributed by atoms with E-state index < -0.39 is 170 Å². The van der Waals surface area contributed by atoms with Gasteiger partial charge in [-0.3, -0.25) is 9.59 Å². The third kappa shape index (κ3) is 11.6. The smallest absolute Gasteiger partial charge is 0.202 e. The van der Waals surface area contributed by atoms with Crippen LogP contribution in [-0.2, 0) is 58.6 Å². The summed E-state index contributed by atoms with van der Waals surface area (Å²) in [6.07, 6.45) is -25.1. The first-order valence-corrected chi connectivity index (χ1v) is 25.0. The number of fused-ring (bicyclic) bond motifs is 2. The molecule has 5 saturated heterocycles. The van der Waals surface area contributed by atoms with Crippen LogP contribution in [0.3, 0.4) is 0 Å². The Kier molecular flexibility index (Phi) is 17.4. The van der Waals surface area contributed by atoms with Crippen LogP contribution in [-0.4, -0.2) is 211 Å². The molecule has 6 unspecified atom stereocenters. The molecule has 8 rings (SSSR count). The largest absolute Gasteiger partial charge is 0.507 e. The zero-order chi connectivity index (χ0) is 53.1. The number of carbonyl (C=O) groups is 2. The SMILES string of the molecule is CO[C@@H]([C@@H]1Cc2cc3cc(O[C@H]4C[C@@H](O[C@H]5CC(O)[C@H](O)C(C)O5)[C@H](O)C(C)O4)c(C)c(O)c3c(O)c2C(=O)[C@H]1O[C@H]1C[C@@H](O[C@H]2C[C@@H](O[C@H]3C[C@@H](O)[C@H](O)C(C)O3)[C@@H](O)C(C)O2)[C@H](O)C(C)O1)[C@@H](O)C(C)=O. The maximum atomic E-state index is 14.9. The second-order valence-electron chi connectivity index (χ2n) is 20.5. The Hall–Kier alpha value is -3.28. The molecule has 0 aromatic heterocycles. The number of benzene rings is 2. The van der Waals surface area contributed by atoms with Crippen molar-refractivity contribution in [3.8, 4) is 17.2 Å². The van der Waals surface area contributed by atoms with Gasteiger partial charge in [0.1, 0.15) is 60.0 Å². The van der Waals surface area contributed by atoms with Gasteiger partial charge < -0.3 is 103 Å². The van der Waals surface area contributed by atoms with Crippen molar-refractivity contribution in [3.63, 3.8) is 0 Å². The number of aliphatic hydroxyl groups excluding tert-OH is 8. The van der Waals surface area contributed by atoms with Gasteiger partial charge in [0, 0.05) is 50.7 Å². The molecule has 0 saturated carbocycles. The number of hydrogen-bond donors (Lipinski definition) is 10. The summed E-state index contributed by atoms with van der Waals surface area (Å²) >= 11 is 0. The topological polar surface area (TPSA) is 338 Å². The summed E-state index contributed by atoms with van der Waals surface area (Å²) in [5.74, 6) is -3.41. The van der Waals surface area contributed by atoms with Gasteiger partial charge in [-0.25, -0.2) is 0 Å². The van der Waals surface area contributed by atoms with Crippen molar-refractivity contribution >= 4 is 22.3 Å². The van der Waals surface area contributed by atoms with Crippen molar-refractivity contribution in [2.75, 3.05) is 7.11 Å². The summed E-state index contributed by atoms with van der Waals surface area (Å²) < 4.78 is 66.4. The number of carbonyl (C=O) groups excluding carboxylic acids is 2. The van der Waals surface area contributed by atoms with E-state index >= 15 is 0 Å². The Morgan fingerprint density at radius 3 is 1.49 bits per heavy atom. The van der Waals surface area contributed by atoms with E-state index in [4.69, 9.17) is 52.1 Å². The summed E-state index contributed by atoms with van der Waals surface area (Å²) in [6.45, 7) is 10.7. The van der Waals surface area contributed by atoms with Crippen LogP contribution in [0.25, 0.3) is 10.8 Å². The molecular weight excluding hydrogens is 969 g/mol. The first kappa shape index (κ1) is 55.9. The lowest BCUT2D eigenvalue weighted by Gasteiger charge is -2.45. The summed E-state index contributed by atoms with van der Waals surface area (Å²) in [5.41, 5.74) is 0.218. The normalized spacial score (nSPS) is 42.3. The second kappa shape index (κ2) is 22.7. The van der Waals surface area contributed by atoms with Gasteiger partial charge >= 0.3 is 0 Å². The fourth-order valence-corrected chi connectivity index (χ4v) is 10.9. The first-order chi connectivity index (χ1) is 34.4. The molecule has 0 amide bonds. The molecule has 6 aliphatic rings. The molecule has 10 N–H and O–H groups in total. The Bertz CT molecular complexity index is 2240. The molecule has 2 aromatic rings. The fourth-order valence-electron chi connectivity index (χ4n) is 10.9. The third-order valence-corrected chi connectivity index (χ3v) is 15.3. The standard InChI is InChI=1S/C50H72O23/c1-17-29(69-35-14-30(44(58)21(5)66-35)70-33-12-27(52)42(56)19(3)64-33)11-25-9-24-10-26(49(63-8)41(55)18(2)51)50(48(62)39(24)47(61)38(25)40(17)54)73-37-16-32(46(60)23(7)68-37)72-36-15-31(45(59)22(6)67-36)71-34-13-28(53)43(57)20(4)65-34/h9,11,19-23,26-28,30-37,41-46,49-50,52-61H,10,12-16H2,1-8H3/t19?,20?,21?,22?,23?,26-,27?,28+,30+,31+,32+,33-,34-,35-,36-,37-,41-,42+,43+,44+,45-,46+,49-,50-/m0/s1. The number of phenolic OH excluding ortho intramolecular Hbond substituents is 2. The van der Waals surface area contributed by atoms with Gasteiger partial charge in [-0.2, -0.15) is 0 Å². The molecule has 5 fully saturated rings. The predicted octanol–water partition coefficient (Wildman–Crippen LogP) is -0.000280. The van der Waals surface area contributed by atoms with Crippen molar-refractivity contribution in [1.82, 2.24) is 0 Å². The maximum Gasteiger partial charge on any atom is 0.202 e. The van der Waals surface area contributed by atoms with E-state index in [0.29, 0.717) is 0 Å². The van der Waals surface area contributed by atoms with Crippen LogP contribution in [0.5, 0.6) is 17.2 Å².